The van der Waals surface area contributed by atoms with Crippen LogP contribution in [0.1, 0.15) is 34.1 Å². The first kappa shape index (κ1) is 16.9. The molecule has 1 N–H and O–H groups in total. The predicted molar refractivity (Wildman–Crippen MR) is 73.4 cm³/mol. The number of nitrogens with one attached hydrogen (secondary N) is 1. The fourth-order valence-electron chi connectivity index (χ4n) is 1.88. The Morgan fingerprint density at radius 1 is 1.11 bits per heavy atom. The van der Waals surface area contributed by atoms with Crippen LogP contribution in [0, 0.1) is 5.92 Å². The highest BCUT2D eigenvalue weighted by Gasteiger charge is 2.27. The first-order chi connectivity index (χ1) is 8.22. The highest BCUT2D eigenvalue weighted by Crippen LogP contribution is 2.08. The second-order valence-electron chi connectivity index (χ2n) is 5.32. The van der Waals surface area contributed by atoms with Crippen molar-refractivity contribution in [3.8, 4) is 0 Å². The van der Waals surface area contributed by atoms with Crippen LogP contribution in [0.5, 0.6) is 0 Å². The number of hydrogen-bond acceptors (Lipinski definition) is 3. The zero-order valence-electron chi connectivity index (χ0n) is 12.7. The molecular weight excluding hydrogens is 230 g/mol. The summed E-state index contributed by atoms with van der Waals surface area (Å²) in [6.45, 7) is 7.89. The molecule has 5 heteroatoms. The zero-order chi connectivity index (χ0) is 14.5. The van der Waals surface area contributed by atoms with Gasteiger partial charge in [0.1, 0.15) is 0 Å². The van der Waals surface area contributed by atoms with Crippen molar-refractivity contribution >= 4 is 11.9 Å². The van der Waals surface area contributed by atoms with Crippen LogP contribution in [0.4, 0.5) is 4.79 Å². The fraction of sp³-hybridized carbons (Fsp3) is 0.846. The van der Waals surface area contributed by atoms with Crippen molar-refractivity contribution in [2.45, 2.75) is 46.2 Å². The molecular formula is C13H27N3O2. The van der Waals surface area contributed by atoms with Crippen LogP contribution < -0.4 is 5.32 Å². The Hall–Kier alpha value is -1.10. The maximum Gasteiger partial charge on any atom is 0.324 e. The van der Waals surface area contributed by atoms with Gasteiger partial charge in [-0.1, -0.05) is 20.8 Å². The van der Waals surface area contributed by atoms with E-state index >= 15 is 0 Å². The molecule has 0 radical (unpaired) electrons. The summed E-state index contributed by atoms with van der Waals surface area (Å²) in [6.07, 6.45) is 0.861. The van der Waals surface area contributed by atoms with Gasteiger partial charge in [-0.3, -0.25) is 15.0 Å². The largest absolute Gasteiger partial charge is 0.325 e. The topological polar surface area (TPSA) is 52.7 Å². The lowest BCUT2D eigenvalue weighted by Gasteiger charge is -2.29. The van der Waals surface area contributed by atoms with E-state index in [1.54, 1.807) is 11.9 Å². The molecule has 0 aromatic heterocycles. The molecule has 0 aromatic carbocycles. The van der Waals surface area contributed by atoms with Crippen LogP contribution in [0.15, 0.2) is 0 Å². The molecule has 0 aliphatic carbocycles. The molecule has 2 unspecified atom stereocenters. The van der Waals surface area contributed by atoms with Gasteiger partial charge in [-0.05, 0) is 33.4 Å². The van der Waals surface area contributed by atoms with Crippen LogP contribution in [0.3, 0.4) is 0 Å². The van der Waals surface area contributed by atoms with Crippen molar-refractivity contribution in [3.63, 3.8) is 0 Å². The van der Waals surface area contributed by atoms with E-state index in [0.29, 0.717) is 0 Å². The summed E-state index contributed by atoms with van der Waals surface area (Å²) in [7, 11) is 5.39. The molecule has 0 heterocycles. The third kappa shape index (κ3) is 4.64. The Morgan fingerprint density at radius 2 is 1.61 bits per heavy atom. The summed E-state index contributed by atoms with van der Waals surface area (Å²) in [4.78, 5) is 27.3. The van der Waals surface area contributed by atoms with Crippen molar-refractivity contribution in [1.29, 1.82) is 0 Å². The normalized spacial score (nSPS) is 14.5. The highest BCUT2D eigenvalue weighted by atomic mass is 16.2. The Balaban J connectivity index is 4.60. The van der Waals surface area contributed by atoms with Crippen LogP contribution >= 0.6 is 0 Å². The summed E-state index contributed by atoms with van der Waals surface area (Å²) in [5.74, 6) is -0.0862. The molecule has 0 aliphatic rings. The number of likely N-dealkylation sites (N-methyl/N-ethyl adjacent to an activating group) is 1. The molecule has 0 saturated heterocycles. The Bertz CT molecular complexity index is 282. The maximum atomic E-state index is 12.1. The third-order valence-corrected chi connectivity index (χ3v) is 3.26. The summed E-state index contributed by atoms with van der Waals surface area (Å²) in [5.41, 5.74) is 0. The number of carbonyl (C=O) groups excluding carboxylic acids is 2. The van der Waals surface area contributed by atoms with Crippen molar-refractivity contribution < 1.29 is 9.59 Å². The second kappa shape index (κ2) is 7.36. The Kier molecular flexibility index (Phi) is 6.91. The Morgan fingerprint density at radius 3 is 1.94 bits per heavy atom. The SMILES string of the molecule is CCC(C)N(C)C(=O)NC(=O)C(C(C)C)N(C)C. The monoisotopic (exact) mass is 257 g/mol. The third-order valence-electron chi connectivity index (χ3n) is 3.26. The van der Waals surface area contributed by atoms with Gasteiger partial charge in [-0.2, -0.15) is 0 Å². The van der Waals surface area contributed by atoms with Gasteiger partial charge in [0.25, 0.3) is 0 Å². The summed E-state index contributed by atoms with van der Waals surface area (Å²) in [5, 5.41) is 2.46. The van der Waals surface area contributed by atoms with E-state index in [9.17, 15) is 9.59 Å². The molecule has 2 atom stereocenters. The summed E-state index contributed by atoms with van der Waals surface area (Å²) in [6, 6.07) is -0.504. The summed E-state index contributed by atoms with van der Waals surface area (Å²) >= 11 is 0. The first-order valence-electron chi connectivity index (χ1n) is 6.46. The van der Waals surface area contributed by atoms with Crippen LogP contribution in [0.25, 0.3) is 0 Å². The molecule has 0 fully saturated rings. The van der Waals surface area contributed by atoms with Gasteiger partial charge < -0.3 is 4.90 Å². The van der Waals surface area contributed by atoms with Gasteiger partial charge in [-0.15, -0.1) is 0 Å². The summed E-state index contributed by atoms with van der Waals surface area (Å²) < 4.78 is 0. The predicted octanol–water partition coefficient (Wildman–Crippen LogP) is 1.54. The van der Waals surface area contributed by atoms with Gasteiger partial charge in [-0.25, -0.2) is 4.79 Å². The van der Waals surface area contributed by atoms with Crippen LogP contribution in [-0.2, 0) is 4.79 Å². The quantitative estimate of drug-likeness (QED) is 0.813. The minimum Gasteiger partial charge on any atom is -0.325 e. The molecule has 0 rings (SSSR count). The Labute approximate surface area is 111 Å². The van der Waals surface area contributed by atoms with Gasteiger partial charge in [0.2, 0.25) is 5.91 Å². The van der Waals surface area contributed by atoms with E-state index in [2.05, 4.69) is 5.32 Å². The molecule has 0 spiro atoms. The average Bonchev–Trinajstić information content (AvgIpc) is 2.25. The number of rotatable bonds is 5. The minimum absolute atomic E-state index is 0.120. The zero-order valence-corrected chi connectivity index (χ0v) is 12.7. The van der Waals surface area contributed by atoms with E-state index in [1.807, 2.05) is 46.7 Å². The number of nitrogens with zero attached hydrogens (tertiary/aromatic N) is 2. The highest BCUT2D eigenvalue weighted by molar-refractivity contribution is 5.97. The van der Waals surface area contributed by atoms with Gasteiger partial charge in [0.15, 0.2) is 0 Å². The molecule has 5 nitrogen and oxygen atoms in total. The number of urea groups is 1. The lowest BCUT2D eigenvalue weighted by molar-refractivity contribution is -0.126. The maximum absolute atomic E-state index is 12.1. The second-order valence-corrected chi connectivity index (χ2v) is 5.32. The average molecular weight is 257 g/mol. The molecule has 106 valence electrons. The van der Waals surface area contributed by atoms with Gasteiger partial charge in [0, 0.05) is 13.1 Å². The fourth-order valence-corrected chi connectivity index (χ4v) is 1.88. The van der Waals surface area contributed by atoms with Crippen molar-refractivity contribution in [3.05, 3.63) is 0 Å². The van der Waals surface area contributed by atoms with E-state index < -0.39 is 0 Å². The number of amides is 3. The standard InChI is InChI=1S/C13H27N3O2/c1-8-10(4)16(7)13(18)14-12(17)11(9(2)3)15(5)6/h9-11H,8H2,1-7H3,(H,14,17,18). The van der Waals surface area contributed by atoms with E-state index in [1.165, 1.54) is 0 Å². The number of imide groups is 1. The lowest BCUT2D eigenvalue weighted by Crippen LogP contribution is -2.52. The van der Waals surface area contributed by atoms with Gasteiger partial charge in [0.05, 0.1) is 6.04 Å². The van der Waals surface area contributed by atoms with Crippen LogP contribution in [0.2, 0.25) is 0 Å². The lowest BCUT2D eigenvalue weighted by atomic mass is 10.0. The molecule has 0 saturated carbocycles. The van der Waals surface area contributed by atoms with E-state index in [0.717, 1.165) is 6.42 Å². The first-order valence-corrected chi connectivity index (χ1v) is 6.46. The van der Waals surface area contributed by atoms with Crippen molar-refractivity contribution in [2.75, 3.05) is 21.1 Å². The van der Waals surface area contributed by atoms with Crippen molar-refractivity contribution in [1.82, 2.24) is 15.1 Å². The van der Waals surface area contributed by atoms with Gasteiger partial charge >= 0.3 is 6.03 Å². The van der Waals surface area contributed by atoms with E-state index in [4.69, 9.17) is 0 Å². The molecule has 0 aromatic rings. The molecule has 18 heavy (non-hydrogen) atoms. The van der Waals surface area contributed by atoms with Crippen molar-refractivity contribution in [2.24, 2.45) is 5.92 Å². The molecule has 0 aliphatic heterocycles. The van der Waals surface area contributed by atoms with Crippen LogP contribution in [-0.4, -0.2) is 55.0 Å². The number of hydrogen-bond donors (Lipinski definition) is 1. The number of carbonyl (C=O) groups is 2. The molecule has 3 amide bonds. The van der Waals surface area contributed by atoms with E-state index in [-0.39, 0.29) is 29.9 Å². The smallest absolute Gasteiger partial charge is 0.324 e. The molecule has 0 bridgehead atoms. The minimum atomic E-state index is -0.332.